The average molecular weight is 385 g/mol. The van der Waals surface area contributed by atoms with Crippen molar-refractivity contribution in [3.8, 4) is 5.75 Å². The van der Waals surface area contributed by atoms with E-state index in [-0.39, 0.29) is 13.2 Å². The molecule has 0 spiro atoms. The van der Waals surface area contributed by atoms with E-state index in [1.165, 1.54) is 11.1 Å². The van der Waals surface area contributed by atoms with Gasteiger partial charge in [0.15, 0.2) is 0 Å². The molecule has 1 atom stereocenters. The first-order valence-corrected chi connectivity index (χ1v) is 10.2. The van der Waals surface area contributed by atoms with E-state index in [1.54, 1.807) is 0 Å². The molecule has 0 aliphatic carbocycles. The number of hydrogen-bond acceptors (Lipinski definition) is 5. The number of aliphatic hydroxyl groups is 2. The lowest BCUT2D eigenvalue weighted by Crippen LogP contribution is -2.38. The molecule has 1 aliphatic heterocycles. The Morgan fingerprint density at radius 3 is 2.75 bits per heavy atom. The van der Waals surface area contributed by atoms with Gasteiger partial charge in [-0.05, 0) is 41.8 Å². The molecule has 2 aromatic rings. The average Bonchev–Trinajstić information content (AvgIpc) is 2.72. The molecule has 0 amide bonds. The third-order valence-electron chi connectivity index (χ3n) is 5.29. The van der Waals surface area contributed by atoms with Crippen molar-refractivity contribution < 1.29 is 14.9 Å². The molecule has 0 fully saturated rings. The van der Waals surface area contributed by atoms with Crippen LogP contribution in [0.5, 0.6) is 5.75 Å². The normalized spacial score (nSPS) is 15.4. The molecule has 5 heteroatoms. The summed E-state index contributed by atoms with van der Waals surface area (Å²) in [6.07, 6.45) is 0.517. The minimum atomic E-state index is -0.518. The molecule has 5 nitrogen and oxygen atoms in total. The summed E-state index contributed by atoms with van der Waals surface area (Å²) in [5, 5.41) is 19.6. The van der Waals surface area contributed by atoms with E-state index in [2.05, 4.69) is 47.1 Å². The minimum Gasteiger partial charge on any atom is -0.491 e. The second kappa shape index (κ2) is 10.6. The third kappa shape index (κ3) is 6.04. The van der Waals surface area contributed by atoms with Gasteiger partial charge in [0.25, 0.3) is 0 Å². The van der Waals surface area contributed by atoms with Crippen molar-refractivity contribution in [2.45, 2.75) is 32.5 Å². The van der Waals surface area contributed by atoms with E-state index in [1.807, 2.05) is 18.2 Å². The third-order valence-corrected chi connectivity index (χ3v) is 5.29. The van der Waals surface area contributed by atoms with Crippen molar-refractivity contribution in [2.75, 3.05) is 39.4 Å². The van der Waals surface area contributed by atoms with E-state index in [0.29, 0.717) is 13.1 Å². The quantitative estimate of drug-likeness (QED) is 0.658. The van der Waals surface area contributed by atoms with E-state index in [0.717, 1.165) is 43.9 Å². The molecule has 1 heterocycles. The molecular weight excluding hydrogens is 352 g/mol. The highest BCUT2D eigenvalue weighted by molar-refractivity contribution is 5.29. The summed E-state index contributed by atoms with van der Waals surface area (Å²) in [5.41, 5.74) is 3.93. The number of fused-ring (bicyclic) bond motifs is 1. The van der Waals surface area contributed by atoms with Crippen LogP contribution in [0, 0.1) is 0 Å². The van der Waals surface area contributed by atoms with Crippen molar-refractivity contribution in [3.05, 3.63) is 65.2 Å². The molecular formula is C23H32N2O3. The highest BCUT2D eigenvalue weighted by Gasteiger charge is 2.18. The van der Waals surface area contributed by atoms with E-state index in [9.17, 15) is 5.11 Å². The summed E-state index contributed by atoms with van der Waals surface area (Å²) in [6, 6.07) is 16.5. The van der Waals surface area contributed by atoms with Crippen LogP contribution >= 0.6 is 0 Å². The van der Waals surface area contributed by atoms with Crippen LogP contribution in [0.1, 0.15) is 23.6 Å². The SMILES string of the molecule is CCN(CCO)Cc1cccc(OC[C@@H](O)CN2CCc3ccccc3C2)c1. The lowest BCUT2D eigenvalue weighted by Gasteiger charge is -2.30. The van der Waals surface area contributed by atoms with E-state index >= 15 is 0 Å². The largest absolute Gasteiger partial charge is 0.491 e. The van der Waals surface area contributed by atoms with Crippen molar-refractivity contribution in [1.82, 2.24) is 9.80 Å². The maximum Gasteiger partial charge on any atom is 0.119 e. The summed E-state index contributed by atoms with van der Waals surface area (Å²) in [5.74, 6) is 0.778. The van der Waals surface area contributed by atoms with Gasteiger partial charge in [-0.1, -0.05) is 43.3 Å². The number of β-amino-alcohol motifs (C(OH)–C–C–N with tert-alkyl or cyclic N) is 1. The van der Waals surface area contributed by atoms with Gasteiger partial charge in [-0.3, -0.25) is 9.80 Å². The molecule has 1 aliphatic rings. The Balaban J connectivity index is 1.47. The van der Waals surface area contributed by atoms with Crippen LogP contribution in [0.15, 0.2) is 48.5 Å². The fourth-order valence-electron chi connectivity index (χ4n) is 3.74. The number of likely N-dealkylation sites (N-methyl/N-ethyl adjacent to an activating group) is 1. The van der Waals surface area contributed by atoms with Gasteiger partial charge in [-0.15, -0.1) is 0 Å². The van der Waals surface area contributed by atoms with Gasteiger partial charge < -0.3 is 14.9 Å². The van der Waals surface area contributed by atoms with Crippen LogP contribution in [0.25, 0.3) is 0 Å². The number of rotatable bonds is 10. The smallest absolute Gasteiger partial charge is 0.119 e. The molecule has 0 saturated carbocycles. The van der Waals surface area contributed by atoms with Gasteiger partial charge in [0, 0.05) is 32.7 Å². The molecule has 0 saturated heterocycles. The van der Waals surface area contributed by atoms with Crippen LogP contribution in [0.4, 0.5) is 0 Å². The second-order valence-corrected chi connectivity index (χ2v) is 7.46. The van der Waals surface area contributed by atoms with Crippen LogP contribution in [0.2, 0.25) is 0 Å². The van der Waals surface area contributed by atoms with Gasteiger partial charge in [0.1, 0.15) is 18.5 Å². The molecule has 0 radical (unpaired) electrons. The van der Waals surface area contributed by atoms with Crippen LogP contribution in [-0.4, -0.2) is 65.5 Å². The van der Waals surface area contributed by atoms with Crippen LogP contribution in [-0.2, 0) is 19.5 Å². The Bertz CT molecular complexity index is 737. The van der Waals surface area contributed by atoms with E-state index < -0.39 is 6.10 Å². The van der Waals surface area contributed by atoms with Crippen LogP contribution < -0.4 is 4.74 Å². The Hall–Kier alpha value is -1.92. The predicted molar refractivity (Wildman–Crippen MR) is 111 cm³/mol. The Labute approximate surface area is 168 Å². The molecule has 0 unspecified atom stereocenters. The standard InChI is InChI=1S/C23H32N2O3/c1-2-24(12-13-26)15-19-6-5-9-23(14-19)28-18-22(27)17-25-11-10-20-7-3-4-8-21(20)16-25/h3-9,14,22,26-27H,2,10-13,15-18H2,1H3/t22-/m0/s1. The first kappa shape index (κ1) is 20.8. The van der Waals surface area contributed by atoms with Gasteiger partial charge >= 0.3 is 0 Å². The lowest BCUT2D eigenvalue weighted by atomic mass is 10.00. The first-order chi connectivity index (χ1) is 13.7. The van der Waals surface area contributed by atoms with Crippen molar-refractivity contribution in [3.63, 3.8) is 0 Å². The summed E-state index contributed by atoms with van der Waals surface area (Å²) < 4.78 is 5.85. The molecule has 0 aromatic heterocycles. The summed E-state index contributed by atoms with van der Waals surface area (Å²) in [6.45, 7) is 7.36. The molecule has 28 heavy (non-hydrogen) atoms. The number of benzene rings is 2. The highest BCUT2D eigenvalue weighted by atomic mass is 16.5. The molecule has 3 rings (SSSR count). The zero-order chi connectivity index (χ0) is 19.8. The minimum absolute atomic E-state index is 0.164. The van der Waals surface area contributed by atoms with Crippen molar-refractivity contribution in [1.29, 1.82) is 0 Å². The van der Waals surface area contributed by atoms with Crippen LogP contribution in [0.3, 0.4) is 0 Å². The second-order valence-electron chi connectivity index (χ2n) is 7.46. The number of ether oxygens (including phenoxy) is 1. The van der Waals surface area contributed by atoms with Crippen molar-refractivity contribution >= 4 is 0 Å². The summed E-state index contributed by atoms with van der Waals surface area (Å²) >= 11 is 0. The Morgan fingerprint density at radius 1 is 1.14 bits per heavy atom. The number of aliphatic hydroxyl groups excluding tert-OH is 2. The maximum absolute atomic E-state index is 10.4. The Kier molecular flexibility index (Phi) is 7.86. The molecule has 2 aromatic carbocycles. The predicted octanol–water partition coefficient (Wildman–Crippen LogP) is 2.30. The van der Waals surface area contributed by atoms with E-state index in [4.69, 9.17) is 9.84 Å². The van der Waals surface area contributed by atoms with Gasteiger partial charge in [0.05, 0.1) is 6.61 Å². The number of nitrogens with zero attached hydrogens (tertiary/aromatic N) is 2. The zero-order valence-corrected chi connectivity index (χ0v) is 16.8. The van der Waals surface area contributed by atoms with Gasteiger partial charge in [0.2, 0.25) is 0 Å². The number of hydrogen-bond donors (Lipinski definition) is 2. The summed E-state index contributed by atoms with van der Waals surface area (Å²) in [4.78, 5) is 4.48. The maximum atomic E-state index is 10.4. The molecule has 2 N–H and O–H groups in total. The topological polar surface area (TPSA) is 56.2 Å². The van der Waals surface area contributed by atoms with Gasteiger partial charge in [-0.25, -0.2) is 0 Å². The lowest BCUT2D eigenvalue weighted by molar-refractivity contribution is 0.0637. The van der Waals surface area contributed by atoms with Crippen molar-refractivity contribution in [2.24, 2.45) is 0 Å². The van der Waals surface area contributed by atoms with Gasteiger partial charge in [-0.2, -0.15) is 0 Å². The zero-order valence-electron chi connectivity index (χ0n) is 16.8. The Morgan fingerprint density at radius 2 is 1.96 bits per heavy atom. The fraction of sp³-hybridized carbons (Fsp3) is 0.478. The molecule has 0 bridgehead atoms. The molecule has 152 valence electrons. The fourth-order valence-corrected chi connectivity index (χ4v) is 3.74. The monoisotopic (exact) mass is 384 g/mol. The summed E-state index contributed by atoms with van der Waals surface area (Å²) in [7, 11) is 0. The first-order valence-electron chi connectivity index (χ1n) is 10.2. The highest BCUT2D eigenvalue weighted by Crippen LogP contribution is 2.19.